The van der Waals surface area contributed by atoms with Gasteiger partial charge >= 0.3 is 5.97 Å². The third-order valence-corrected chi connectivity index (χ3v) is 4.11. The summed E-state index contributed by atoms with van der Waals surface area (Å²) in [6.45, 7) is 3.13. The molecule has 1 heterocycles. The number of benzene rings is 1. The Labute approximate surface area is 118 Å². The largest absolute Gasteiger partial charge is 0.480 e. The number of aliphatic carboxylic acids is 1. The smallest absolute Gasteiger partial charge is 0.323 e. The SMILES string of the molecule is CC1(C(=O)O)CCCCN1Cc1ccc(C(N)=O)cc1. The van der Waals surface area contributed by atoms with E-state index in [2.05, 4.69) is 0 Å². The molecule has 5 heteroatoms. The lowest BCUT2D eigenvalue weighted by atomic mass is 9.88. The van der Waals surface area contributed by atoms with Crippen molar-refractivity contribution in [1.29, 1.82) is 0 Å². The van der Waals surface area contributed by atoms with Crippen molar-refractivity contribution in [3.05, 3.63) is 35.4 Å². The number of carbonyl (C=O) groups excluding carboxylic acids is 1. The number of carbonyl (C=O) groups is 2. The minimum atomic E-state index is -0.805. The molecular weight excluding hydrogens is 256 g/mol. The second-order valence-corrected chi connectivity index (χ2v) is 5.52. The van der Waals surface area contributed by atoms with Gasteiger partial charge in [-0.15, -0.1) is 0 Å². The number of amides is 1. The number of carboxylic acid groups (broad SMARTS) is 1. The Bertz CT molecular complexity index is 512. The zero-order valence-electron chi connectivity index (χ0n) is 11.6. The maximum absolute atomic E-state index is 11.5. The number of likely N-dealkylation sites (tertiary alicyclic amines) is 1. The van der Waals surface area contributed by atoms with Gasteiger partial charge in [0.25, 0.3) is 0 Å². The highest BCUT2D eigenvalue weighted by atomic mass is 16.4. The van der Waals surface area contributed by atoms with Crippen molar-refractivity contribution in [1.82, 2.24) is 4.90 Å². The number of nitrogens with zero attached hydrogens (tertiary/aromatic N) is 1. The van der Waals surface area contributed by atoms with Crippen LogP contribution in [0.25, 0.3) is 0 Å². The highest BCUT2D eigenvalue weighted by molar-refractivity contribution is 5.92. The Morgan fingerprint density at radius 2 is 1.95 bits per heavy atom. The van der Waals surface area contributed by atoms with E-state index in [0.717, 1.165) is 24.9 Å². The van der Waals surface area contributed by atoms with E-state index in [1.54, 1.807) is 19.1 Å². The number of hydrogen-bond acceptors (Lipinski definition) is 3. The normalized spacial score (nSPS) is 23.4. The van der Waals surface area contributed by atoms with Gasteiger partial charge in [-0.1, -0.05) is 12.1 Å². The Hall–Kier alpha value is -1.88. The molecule has 0 saturated carbocycles. The molecule has 2 rings (SSSR count). The van der Waals surface area contributed by atoms with Gasteiger partial charge in [-0.25, -0.2) is 0 Å². The van der Waals surface area contributed by atoms with Crippen LogP contribution in [-0.2, 0) is 11.3 Å². The molecule has 108 valence electrons. The molecule has 0 radical (unpaired) electrons. The molecule has 0 spiro atoms. The lowest BCUT2D eigenvalue weighted by Gasteiger charge is -2.41. The zero-order chi connectivity index (χ0) is 14.8. The zero-order valence-corrected chi connectivity index (χ0v) is 11.6. The summed E-state index contributed by atoms with van der Waals surface area (Å²) >= 11 is 0. The summed E-state index contributed by atoms with van der Waals surface area (Å²) < 4.78 is 0. The average Bonchev–Trinajstić information content (AvgIpc) is 2.42. The van der Waals surface area contributed by atoms with Crippen molar-refractivity contribution in [2.24, 2.45) is 5.73 Å². The van der Waals surface area contributed by atoms with Gasteiger partial charge in [0.05, 0.1) is 0 Å². The van der Waals surface area contributed by atoms with Crippen LogP contribution >= 0.6 is 0 Å². The Morgan fingerprint density at radius 3 is 2.50 bits per heavy atom. The predicted molar refractivity (Wildman–Crippen MR) is 75.3 cm³/mol. The number of nitrogens with two attached hydrogens (primary N) is 1. The molecule has 1 saturated heterocycles. The molecule has 1 aromatic carbocycles. The van der Waals surface area contributed by atoms with Gasteiger partial charge in [0.2, 0.25) is 5.91 Å². The van der Waals surface area contributed by atoms with Crippen LogP contribution in [0.2, 0.25) is 0 Å². The molecule has 1 fully saturated rings. The van der Waals surface area contributed by atoms with Crippen molar-refractivity contribution < 1.29 is 14.7 Å². The highest BCUT2D eigenvalue weighted by Gasteiger charge is 2.41. The lowest BCUT2D eigenvalue weighted by molar-refractivity contribution is -0.153. The first kappa shape index (κ1) is 14.5. The second-order valence-electron chi connectivity index (χ2n) is 5.52. The van der Waals surface area contributed by atoms with E-state index in [4.69, 9.17) is 5.73 Å². The molecular formula is C15H20N2O3. The molecule has 5 nitrogen and oxygen atoms in total. The first-order valence-electron chi connectivity index (χ1n) is 6.81. The van der Waals surface area contributed by atoms with Gasteiger partial charge < -0.3 is 10.8 Å². The second kappa shape index (κ2) is 5.63. The summed E-state index contributed by atoms with van der Waals surface area (Å²) in [5.41, 5.74) is 5.86. The standard InChI is InChI=1S/C15H20N2O3/c1-15(14(19)20)8-2-3-9-17(15)10-11-4-6-12(7-5-11)13(16)18/h4-7H,2-3,8-10H2,1H3,(H2,16,18)(H,19,20). The summed E-state index contributed by atoms with van der Waals surface area (Å²) in [4.78, 5) is 24.5. The molecule has 0 bridgehead atoms. The predicted octanol–water partition coefficient (Wildman–Crippen LogP) is 1.61. The van der Waals surface area contributed by atoms with Crippen LogP contribution in [0.4, 0.5) is 0 Å². The molecule has 1 aliphatic rings. The van der Waals surface area contributed by atoms with Crippen LogP contribution in [0.15, 0.2) is 24.3 Å². The summed E-state index contributed by atoms with van der Waals surface area (Å²) in [7, 11) is 0. The summed E-state index contributed by atoms with van der Waals surface area (Å²) in [5, 5.41) is 9.46. The van der Waals surface area contributed by atoms with Crippen LogP contribution in [0.1, 0.15) is 42.1 Å². The summed E-state index contributed by atoms with van der Waals surface area (Å²) in [6.07, 6.45) is 2.63. The van der Waals surface area contributed by atoms with Gasteiger partial charge in [-0.05, 0) is 50.4 Å². The van der Waals surface area contributed by atoms with E-state index >= 15 is 0 Å². The number of carboxylic acids is 1. The van der Waals surface area contributed by atoms with Crippen molar-refractivity contribution in [3.8, 4) is 0 Å². The van der Waals surface area contributed by atoms with E-state index in [1.807, 2.05) is 17.0 Å². The van der Waals surface area contributed by atoms with Crippen LogP contribution in [0, 0.1) is 0 Å². The summed E-state index contributed by atoms with van der Waals surface area (Å²) in [6, 6.07) is 7.02. The van der Waals surface area contributed by atoms with E-state index in [0.29, 0.717) is 18.5 Å². The number of primary amides is 1. The van der Waals surface area contributed by atoms with Crippen molar-refractivity contribution in [2.45, 2.75) is 38.3 Å². The molecule has 0 aromatic heterocycles. The maximum atomic E-state index is 11.5. The van der Waals surface area contributed by atoms with Gasteiger partial charge in [0.15, 0.2) is 0 Å². The van der Waals surface area contributed by atoms with Gasteiger partial charge in [-0.3, -0.25) is 14.5 Å². The molecule has 1 atom stereocenters. The fourth-order valence-corrected chi connectivity index (χ4v) is 2.67. The lowest BCUT2D eigenvalue weighted by Crippen LogP contribution is -2.54. The third kappa shape index (κ3) is 2.82. The van der Waals surface area contributed by atoms with Gasteiger partial charge in [0, 0.05) is 12.1 Å². The van der Waals surface area contributed by atoms with Gasteiger partial charge in [-0.2, -0.15) is 0 Å². The van der Waals surface area contributed by atoms with Crippen LogP contribution in [0.5, 0.6) is 0 Å². The fraction of sp³-hybridized carbons (Fsp3) is 0.467. The van der Waals surface area contributed by atoms with E-state index < -0.39 is 17.4 Å². The van der Waals surface area contributed by atoms with Crippen LogP contribution < -0.4 is 5.73 Å². The molecule has 1 aromatic rings. The summed E-state index contributed by atoms with van der Waals surface area (Å²) in [5.74, 6) is -1.23. The monoisotopic (exact) mass is 276 g/mol. The molecule has 1 amide bonds. The number of rotatable bonds is 4. The quantitative estimate of drug-likeness (QED) is 0.875. The van der Waals surface area contributed by atoms with E-state index in [1.165, 1.54) is 0 Å². The Morgan fingerprint density at radius 1 is 1.30 bits per heavy atom. The van der Waals surface area contributed by atoms with Crippen molar-refractivity contribution in [3.63, 3.8) is 0 Å². The Kier molecular flexibility index (Phi) is 4.09. The Balaban J connectivity index is 2.15. The molecule has 20 heavy (non-hydrogen) atoms. The average molecular weight is 276 g/mol. The number of hydrogen-bond donors (Lipinski definition) is 2. The molecule has 1 aliphatic heterocycles. The van der Waals surface area contributed by atoms with Crippen molar-refractivity contribution >= 4 is 11.9 Å². The van der Waals surface area contributed by atoms with Gasteiger partial charge in [0.1, 0.15) is 5.54 Å². The number of piperidine rings is 1. The topological polar surface area (TPSA) is 83.6 Å². The van der Waals surface area contributed by atoms with E-state index in [-0.39, 0.29) is 0 Å². The fourth-order valence-electron chi connectivity index (χ4n) is 2.67. The first-order valence-corrected chi connectivity index (χ1v) is 6.81. The molecule has 0 aliphatic carbocycles. The van der Waals surface area contributed by atoms with Crippen LogP contribution in [-0.4, -0.2) is 34.0 Å². The minimum Gasteiger partial charge on any atom is -0.480 e. The molecule has 3 N–H and O–H groups in total. The first-order chi connectivity index (χ1) is 9.43. The van der Waals surface area contributed by atoms with Crippen molar-refractivity contribution in [2.75, 3.05) is 6.54 Å². The van der Waals surface area contributed by atoms with Crippen LogP contribution in [0.3, 0.4) is 0 Å². The molecule has 1 unspecified atom stereocenters. The highest BCUT2D eigenvalue weighted by Crippen LogP contribution is 2.29. The minimum absolute atomic E-state index is 0.454. The maximum Gasteiger partial charge on any atom is 0.323 e. The third-order valence-electron chi connectivity index (χ3n) is 4.11. The van der Waals surface area contributed by atoms with E-state index in [9.17, 15) is 14.7 Å².